The van der Waals surface area contributed by atoms with E-state index in [0.717, 1.165) is 4.68 Å². The van der Waals surface area contributed by atoms with Crippen LogP contribution in [0.1, 0.15) is 10.4 Å². The number of rotatable bonds is 6. The summed E-state index contributed by atoms with van der Waals surface area (Å²) in [5, 5.41) is 6.15. The summed E-state index contributed by atoms with van der Waals surface area (Å²) in [7, 11) is 1.50. The number of methoxy groups -OCH3 is 1. The van der Waals surface area contributed by atoms with Crippen LogP contribution in [0.2, 0.25) is 0 Å². The van der Waals surface area contributed by atoms with Crippen molar-refractivity contribution in [2.75, 3.05) is 26.0 Å². The molecule has 0 radical (unpaired) electrons. The molecule has 0 aliphatic carbocycles. The third-order valence-electron chi connectivity index (χ3n) is 1.95. The quantitative estimate of drug-likeness (QED) is 0.700. The Morgan fingerprint density at radius 2 is 2.41 bits per heavy atom. The molecular formula is C9H14F2N4O2. The van der Waals surface area contributed by atoms with Crippen LogP contribution >= 0.6 is 0 Å². The number of hydrogen-bond acceptors (Lipinski definition) is 4. The zero-order chi connectivity index (χ0) is 12.8. The Balaban J connectivity index is 2.63. The van der Waals surface area contributed by atoms with Crippen LogP contribution in [-0.2, 0) is 11.3 Å². The molecule has 1 rings (SSSR count). The van der Waals surface area contributed by atoms with Crippen molar-refractivity contribution in [3.05, 3.63) is 11.8 Å². The average Bonchev–Trinajstić information content (AvgIpc) is 2.58. The van der Waals surface area contributed by atoms with Crippen LogP contribution in [0.5, 0.6) is 0 Å². The summed E-state index contributed by atoms with van der Waals surface area (Å²) in [4.78, 5) is 11.6. The normalized spacial score (nSPS) is 10.8. The standard InChI is InChI=1S/C9H14F2N4O2/c1-17-3-2-13-9(16)6-4-15(5-7(10)11)14-8(6)12/h4,7H,2-3,5H2,1H3,(H2,12,14)(H,13,16). The fourth-order valence-electron chi connectivity index (χ4n) is 1.21. The number of anilines is 1. The summed E-state index contributed by atoms with van der Waals surface area (Å²) in [5.74, 6) is -0.527. The fourth-order valence-corrected chi connectivity index (χ4v) is 1.21. The molecule has 0 unspecified atom stereocenters. The van der Waals surface area contributed by atoms with Gasteiger partial charge in [-0.1, -0.05) is 0 Å². The first kappa shape index (κ1) is 13.4. The first-order valence-corrected chi connectivity index (χ1v) is 4.92. The highest BCUT2D eigenvalue weighted by atomic mass is 19.3. The van der Waals surface area contributed by atoms with Crippen molar-refractivity contribution in [1.82, 2.24) is 15.1 Å². The van der Waals surface area contributed by atoms with Gasteiger partial charge in [-0.25, -0.2) is 8.78 Å². The average molecular weight is 248 g/mol. The van der Waals surface area contributed by atoms with Crippen molar-refractivity contribution in [3.8, 4) is 0 Å². The van der Waals surface area contributed by atoms with Crippen LogP contribution < -0.4 is 11.1 Å². The topological polar surface area (TPSA) is 82.2 Å². The molecular weight excluding hydrogens is 234 g/mol. The third-order valence-corrected chi connectivity index (χ3v) is 1.95. The lowest BCUT2D eigenvalue weighted by Crippen LogP contribution is -2.27. The van der Waals surface area contributed by atoms with Gasteiger partial charge in [-0.2, -0.15) is 5.10 Å². The Morgan fingerprint density at radius 3 is 3.00 bits per heavy atom. The second kappa shape index (κ2) is 6.14. The van der Waals surface area contributed by atoms with Gasteiger partial charge in [-0.05, 0) is 0 Å². The maximum atomic E-state index is 12.1. The minimum absolute atomic E-state index is 0.0689. The molecule has 0 aromatic carbocycles. The second-order valence-corrected chi connectivity index (χ2v) is 3.29. The number of halogens is 2. The van der Waals surface area contributed by atoms with Crippen molar-refractivity contribution in [1.29, 1.82) is 0 Å². The third kappa shape index (κ3) is 3.99. The van der Waals surface area contributed by atoms with Crippen LogP contribution in [0.25, 0.3) is 0 Å². The van der Waals surface area contributed by atoms with Gasteiger partial charge in [0.1, 0.15) is 12.1 Å². The Bertz CT molecular complexity index is 381. The molecule has 0 spiro atoms. The van der Waals surface area contributed by atoms with Gasteiger partial charge in [-0.3, -0.25) is 9.48 Å². The number of hydrogen-bond donors (Lipinski definition) is 2. The number of alkyl halides is 2. The minimum atomic E-state index is -2.54. The minimum Gasteiger partial charge on any atom is -0.383 e. The van der Waals surface area contributed by atoms with Gasteiger partial charge in [0.25, 0.3) is 12.3 Å². The molecule has 1 aromatic heterocycles. The van der Waals surface area contributed by atoms with E-state index in [4.69, 9.17) is 10.5 Å². The Morgan fingerprint density at radius 1 is 1.71 bits per heavy atom. The van der Waals surface area contributed by atoms with E-state index >= 15 is 0 Å². The van der Waals surface area contributed by atoms with Gasteiger partial charge >= 0.3 is 0 Å². The molecule has 3 N–H and O–H groups in total. The summed E-state index contributed by atoms with van der Waals surface area (Å²) >= 11 is 0. The number of aromatic nitrogens is 2. The lowest BCUT2D eigenvalue weighted by Gasteiger charge is -2.02. The number of nitrogen functional groups attached to an aromatic ring is 1. The summed E-state index contributed by atoms with van der Waals surface area (Å²) in [5.41, 5.74) is 5.54. The first-order chi connectivity index (χ1) is 8.04. The smallest absolute Gasteiger partial charge is 0.257 e. The van der Waals surface area contributed by atoms with E-state index in [9.17, 15) is 13.6 Å². The number of nitrogens with two attached hydrogens (primary N) is 1. The lowest BCUT2D eigenvalue weighted by molar-refractivity contribution is 0.0936. The Kier molecular flexibility index (Phi) is 4.83. The number of carbonyl (C=O) groups excluding carboxylic acids is 1. The van der Waals surface area contributed by atoms with Crippen LogP contribution in [0.4, 0.5) is 14.6 Å². The van der Waals surface area contributed by atoms with Gasteiger partial charge in [0.2, 0.25) is 0 Å². The summed E-state index contributed by atoms with van der Waals surface area (Å²) in [6.07, 6.45) is -1.34. The van der Waals surface area contributed by atoms with Gasteiger partial charge in [0, 0.05) is 19.9 Å². The fraction of sp³-hybridized carbons (Fsp3) is 0.556. The largest absolute Gasteiger partial charge is 0.383 e. The van der Waals surface area contributed by atoms with Gasteiger partial charge in [0.05, 0.1) is 6.61 Å². The van der Waals surface area contributed by atoms with Crippen LogP contribution in [0, 0.1) is 0 Å². The van der Waals surface area contributed by atoms with Gasteiger partial charge < -0.3 is 15.8 Å². The van der Waals surface area contributed by atoms with E-state index in [1.807, 2.05) is 0 Å². The molecule has 1 heterocycles. The molecule has 1 amide bonds. The highest BCUT2D eigenvalue weighted by molar-refractivity contribution is 5.98. The molecule has 0 fully saturated rings. The molecule has 0 aliphatic heterocycles. The molecule has 8 heteroatoms. The van der Waals surface area contributed by atoms with Crippen LogP contribution in [0.3, 0.4) is 0 Å². The van der Waals surface area contributed by atoms with Crippen molar-refractivity contribution in [2.24, 2.45) is 0 Å². The molecule has 1 aromatic rings. The predicted octanol–water partition coefficient (Wildman–Crippen LogP) is 0.107. The van der Waals surface area contributed by atoms with Gasteiger partial charge in [-0.15, -0.1) is 0 Å². The molecule has 0 aliphatic rings. The van der Waals surface area contributed by atoms with Crippen LogP contribution in [-0.4, -0.2) is 42.4 Å². The number of ether oxygens (including phenoxy) is 1. The molecule has 17 heavy (non-hydrogen) atoms. The highest BCUT2D eigenvalue weighted by Crippen LogP contribution is 2.10. The molecule has 0 atom stereocenters. The Labute approximate surface area is 96.7 Å². The maximum Gasteiger partial charge on any atom is 0.257 e. The molecule has 0 saturated carbocycles. The summed E-state index contributed by atoms with van der Waals surface area (Å²) in [6, 6.07) is 0. The second-order valence-electron chi connectivity index (χ2n) is 3.29. The van der Waals surface area contributed by atoms with E-state index in [-0.39, 0.29) is 11.4 Å². The van der Waals surface area contributed by atoms with Crippen LogP contribution in [0.15, 0.2) is 6.20 Å². The molecule has 6 nitrogen and oxygen atoms in total. The monoisotopic (exact) mass is 248 g/mol. The van der Waals surface area contributed by atoms with E-state index in [1.165, 1.54) is 13.3 Å². The number of carbonyl (C=O) groups is 1. The van der Waals surface area contributed by atoms with E-state index < -0.39 is 18.9 Å². The highest BCUT2D eigenvalue weighted by Gasteiger charge is 2.15. The van der Waals surface area contributed by atoms with E-state index in [0.29, 0.717) is 13.2 Å². The molecule has 0 bridgehead atoms. The summed E-state index contributed by atoms with van der Waals surface area (Å²) in [6.45, 7) is 0.0845. The van der Waals surface area contributed by atoms with Crippen molar-refractivity contribution >= 4 is 11.7 Å². The molecule has 0 saturated heterocycles. The van der Waals surface area contributed by atoms with E-state index in [2.05, 4.69) is 10.4 Å². The lowest BCUT2D eigenvalue weighted by atomic mass is 10.3. The maximum absolute atomic E-state index is 12.1. The van der Waals surface area contributed by atoms with Gasteiger partial charge in [0.15, 0.2) is 5.82 Å². The first-order valence-electron chi connectivity index (χ1n) is 4.92. The van der Waals surface area contributed by atoms with Crippen molar-refractivity contribution in [2.45, 2.75) is 13.0 Å². The number of nitrogens with one attached hydrogen (secondary N) is 1. The molecule has 96 valence electrons. The number of nitrogens with zero attached hydrogens (tertiary/aromatic N) is 2. The zero-order valence-electron chi connectivity index (χ0n) is 9.32. The SMILES string of the molecule is COCCNC(=O)c1cn(CC(F)F)nc1N. The zero-order valence-corrected chi connectivity index (χ0v) is 9.32. The Hall–Kier alpha value is -1.70. The van der Waals surface area contributed by atoms with Crippen molar-refractivity contribution < 1.29 is 18.3 Å². The summed E-state index contributed by atoms with van der Waals surface area (Å²) < 4.78 is 29.9. The predicted molar refractivity (Wildman–Crippen MR) is 56.9 cm³/mol. The number of amides is 1. The van der Waals surface area contributed by atoms with Crippen molar-refractivity contribution in [3.63, 3.8) is 0 Å². The van der Waals surface area contributed by atoms with E-state index in [1.54, 1.807) is 0 Å².